The maximum atomic E-state index is 14.0. The lowest BCUT2D eigenvalue weighted by atomic mass is 10.0. The molecule has 0 saturated heterocycles. The van der Waals surface area contributed by atoms with E-state index in [0.717, 1.165) is 19.1 Å². The van der Waals surface area contributed by atoms with E-state index in [9.17, 15) is 28.3 Å². The van der Waals surface area contributed by atoms with Crippen LogP contribution in [0.25, 0.3) is 11.1 Å². The van der Waals surface area contributed by atoms with Crippen LogP contribution >= 0.6 is 0 Å². The van der Waals surface area contributed by atoms with Crippen LogP contribution in [0.4, 0.5) is 8.78 Å². The number of carbonyl (C=O) groups excluding carboxylic acids is 2. The van der Waals surface area contributed by atoms with Gasteiger partial charge in [0.15, 0.2) is 0 Å². The van der Waals surface area contributed by atoms with Crippen molar-refractivity contribution in [3.63, 3.8) is 0 Å². The molecule has 0 bridgehead atoms. The average molecular weight is 412 g/mol. The molecular weight excluding hydrogens is 398 g/mol. The van der Waals surface area contributed by atoms with Crippen molar-refractivity contribution < 1.29 is 37.7 Å². The maximum Gasteiger partial charge on any atom is 0.347 e. The van der Waals surface area contributed by atoms with Gasteiger partial charge in [0.1, 0.15) is 34.3 Å². The zero-order chi connectivity index (χ0) is 21.8. The van der Waals surface area contributed by atoms with Crippen molar-refractivity contribution >= 4 is 17.9 Å². The maximum absolute atomic E-state index is 14.0. The normalized spacial score (nSPS) is 10.4. The van der Waals surface area contributed by atoms with Crippen LogP contribution in [-0.4, -0.2) is 23.0 Å². The van der Waals surface area contributed by atoms with E-state index in [4.69, 9.17) is 9.47 Å². The van der Waals surface area contributed by atoms with Crippen molar-refractivity contribution in [2.75, 3.05) is 0 Å². The Hall–Kier alpha value is -4.07. The van der Waals surface area contributed by atoms with E-state index in [1.807, 2.05) is 0 Å². The minimum absolute atomic E-state index is 0.0167. The lowest BCUT2D eigenvalue weighted by molar-refractivity contribution is -0.131. The number of halogens is 2. The van der Waals surface area contributed by atoms with Gasteiger partial charge in [-0.3, -0.25) is 4.79 Å². The van der Waals surface area contributed by atoms with E-state index < -0.39 is 35.1 Å². The summed E-state index contributed by atoms with van der Waals surface area (Å²) in [5.41, 5.74) is -0.353. The van der Waals surface area contributed by atoms with E-state index in [1.165, 1.54) is 36.4 Å². The number of ether oxygens (including phenoxy) is 2. The van der Waals surface area contributed by atoms with E-state index in [-0.39, 0.29) is 28.2 Å². The van der Waals surface area contributed by atoms with Crippen molar-refractivity contribution in [3.8, 4) is 22.6 Å². The smallest absolute Gasteiger partial charge is 0.347 e. The van der Waals surface area contributed by atoms with Gasteiger partial charge in [0, 0.05) is 18.6 Å². The number of benzene rings is 3. The fourth-order valence-electron chi connectivity index (χ4n) is 2.71. The fourth-order valence-corrected chi connectivity index (χ4v) is 2.71. The third-order valence-electron chi connectivity index (χ3n) is 4.02. The first kappa shape index (κ1) is 20.7. The summed E-state index contributed by atoms with van der Waals surface area (Å²) in [6, 6.07) is 12.3. The van der Waals surface area contributed by atoms with Gasteiger partial charge in [-0.2, -0.15) is 0 Å². The molecular formula is C22H14F2O6. The summed E-state index contributed by atoms with van der Waals surface area (Å²) in [6.07, 6.45) is 0. The molecule has 0 radical (unpaired) electrons. The topological polar surface area (TPSA) is 89.9 Å². The molecule has 0 fully saturated rings. The third kappa shape index (κ3) is 4.49. The molecule has 0 aliphatic rings. The van der Waals surface area contributed by atoms with E-state index in [2.05, 4.69) is 0 Å². The number of hydrogen-bond donors (Lipinski definition) is 1. The molecule has 0 aliphatic heterocycles. The minimum atomic E-state index is -1.42. The number of para-hydroxylation sites is 1. The molecule has 0 spiro atoms. The Morgan fingerprint density at radius 1 is 0.833 bits per heavy atom. The predicted octanol–water partition coefficient (Wildman–Crippen LogP) is 4.47. The SMILES string of the molecule is CC(=O)Oc1ccccc1C(=O)Oc1ccc(-c2ccc(F)cc2F)cc1C(=O)O. The Morgan fingerprint density at radius 2 is 1.53 bits per heavy atom. The van der Waals surface area contributed by atoms with Gasteiger partial charge >= 0.3 is 17.9 Å². The molecule has 152 valence electrons. The summed E-state index contributed by atoms with van der Waals surface area (Å²) in [5, 5.41) is 9.49. The van der Waals surface area contributed by atoms with Crippen LogP contribution in [0.5, 0.6) is 11.5 Å². The van der Waals surface area contributed by atoms with Crippen LogP contribution in [0.2, 0.25) is 0 Å². The lowest BCUT2D eigenvalue weighted by Crippen LogP contribution is -2.14. The highest BCUT2D eigenvalue weighted by atomic mass is 19.1. The Balaban J connectivity index is 1.96. The first-order valence-corrected chi connectivity index (χ1v) is 8.58. The van der Waals surface area contributed by atoms with Gasteiger partial charge in [-0.05, 0) is 42.0 Å². The van der Waals surface area contributed by atoms with Crippen LogP contribution in [0.3, 0.4) is 0 Å². The van der Waals surface area contributed by atoms with Crippen molar-refractivity contribution in [3.05, 3.63) is 83.4 Å². The molecule has 3 rings (SSSR count). The Kier molecular flexibility index (Phi) is 5.87. The number of esters is 2. The number of carboxylic acid groups (broad SMARTS) is 1. The number of carboxylic acids is 1. The lowest BCUT2D eigenvalue weighted by Gasteiger charge is -2.12. The molecule has 0 aliphatic carbocycles. The van der Waals surface area contributed by atoms with E-state index in [0.29, 0.717) is 6.07 Å². The van der Waals surface area contributed by atoms with Gasteiger partial charge in [0.05, 0.1) is 0 Å². The van der Waals surface area contributed by atoms with Crippen LogP contribution in [0, 0.1) is 11.6 Å². The van der Waals surface area contributed by atoms with Gasteiger partial charge in [0.2, 0.25) is 0 Å². The summed E-state index contributed by atoms with van der Waals surface area (Å²) in [7, 11) is 0. The van der Waals surface area contributed by atoms with Crippen molar-refractivity contribution in [2.24, 2.45) is 0 Å². The molecule has 0 heterocycles. The van der Waals surface area contributed by atoms with Crippen LogP contribution in [0.1, 0.15) is 27.6 Å². The van der Waals surface area contributed by atoms with Crippen LogP contribution < -0.4 is 9.47 Å². The monoisotopic (exact) mass is 412 g/mol. The summed E-state index contributed by atoms with van der Waals surface area (Å²) in [4.78, 5) is 35.4. The molecule has 6 nitrogen and oxygen atoms in total. The van der Waals surface area contributed by atoms with Crippen LogP contribution in [0.15, 0.2) is 60.7 Å². The Morgan fingerprint density at radius 3 is 2.20 bits per heavy atom. The molecule has 30 heavy (non-hydrogen) atoms. The first-order chi connectivity index (χ1) is 14.3. The number of hydrogen-bond acceptors (Lipinski definition) is 5. The summed E-state index contributed by atoms with van der Waals surface area (Å²) < 4.78 is 37.3. The van der Waals surface area contributed by atoms with E-state index in [1.54, 1.807) is 6.07 Å². The highest BCUT2D eigenvalue weighted by Crippen LogP contribution is 2.30. The Labute approximate surface area is 169 Å². The second kappa shape index (κ2) is 8.52. The van der Waals surface area contributed by atoms with Gasteiger partial charge < -0.3 is 14.6 Å². The summed E-state index contributed by atoms with van der Waals surface area (Å²) in [5.74, 6) is -5.00. The van der Waals surface area contributed by atoms with Gasteiger partial charge in [0.25, 0.3) is 0 Å². The van der Waals surface area contributed by atoms with Gasteiger partial charge in [-0.25, -0.2) is 18.4 Å². The molecule has 1 N–H and O–H groups in total. The highest BCUT2D eigenvalue weighted by Gasteiger charge is 2.21. The van der Waals surface area contributed by atoms with Crippen molar-refractivity contribution in [1.82, 2.24) is 0 Å². The van der Waals surface area contributed by atoms with Crippen molar-refractivity contribution in [2.45, 2.75) is 6.92 Å². The largest absolute Gasteiger partial charge is 0.478 e. The second-order valence-electron chi connectivity index (χ2n) is 6.12. The highest BCUT2D eigenvalue weighted by molar-refractivity contribution is 5.98. The molecule has 8 heteroatoms. The average Bonchev–Trinajstić information content (AvgIpc) is 2.68. The quantitative estimate of drug-likeness (QED) is 0.491. The minimum Gasteiger partial charge on any atom is -0.478 e. The Bertz CT molecular complexity index is 1160. The van der Waals surface area contributed by atoms with Gasteiger partial charge in [-0.1, -0.05) is 18.2 Å². The number of carbonyl (C=O) groups is 3. The van der Waals surface area contributed by atoms with Crippen LogP contribution in [-0.2, 0) is 4.79 Å². The first-order valence-electron chi connectivity index (χ1n) is 8.58. The van der Waals surface area contributed by atoms with Gasteiger partial charge in [-0.15, -0.1) is 0 Å². The molecule has 0 amide bonds. The molecule has 0 unspecified atom stereocenters. The van der Waals surface area contributed by atoms with E-state index >= 15 is 0 Å². The zero-order valence-electron chi connectivity index (χ0n) is 15.5. The van der Waals surface area contributed by atoms with Crippen molar-refractivity contribution in [1.29, 1.82) is 0 Å². The third-order valence-corrected chi connectivity index (χ3v) is 4.02. The zero-order valence-corrected chi connectivity index (χ0v) is 15.5. The fraction of sp³-hybridized carbons (Fsp3) is 0.0455. The predicted molar refractivity (Wildman–Crippen MR) is 101 cm³/mol. The molecule has 0 aromatic heterocycles. The molecule has 3 aromatic carbocycles. The standard InChI is InChI=1S/C22H14F2O6/c1-12(25)29-19-5-3-2-4-16(19)22(28)30-20-9-6-13(10-17(20)21(26)27)15-8-7-14(23)11-18(15)24/h2-11H,1H3,(H,26,27). The molecule has 0 atom stereocenters. The number of aromatic carboxylic acids is 1. The molecule has 3 aromatic rings. The molecule has 0 saturated carbocycles. The summed E-state index contributed by atoms with van der Waals surface area (Å²) in [6.45, 7) is 1.16. The second-order valence-corrected chi connectivity index (χ2v) is 6.12. The number of rotatable bonds is 5. The summed E-state index contributed by atoms with van der Waals surface area (Å²) >= 11 is 0.